The molecule has 1 aliphatic rings. The molecule has 0 saturated carbocycles. The van der Waals surface area contributed by atoms with Crippen LogP contribution in [0.15, 0.2) is 54.6 Å². The van der Waals surface area contributed by atoms with E-state index in [9.17, 15) is 9.59 Å². The first-order valence-electron chi connectivity index (χ1n) is 10.1. The molecule has 2 aromatic rings. The van der Waals surface area contributed by atoms with Crippen LogP contribution in [0.2, 0.25) is 0 Å². The van der Waals surface area contributed by atoms with Crippen LogP contribution in [0.3, 0.4) is 0 Å². The van der Waals surface area contributed by atoms with Crippen LogP contribution in [0, 0.1) is 0 Å². The Balaban J connectivity index is 0.00000320. The molecule has 0 radical (unpaired) electrons. The lowest BCUT2D eigenvalue weighted by Crippen LogP contribution is -2.36. The molecule has 0 aliphatic carbocycles. The number of carboxylic acid groups (broad SMARTS) is 1. The van der Waals surface area contributed by atoms with Crippen molar-refractivity contribution >= 4 is 30.0 Å². The molecule has 6 nitrogen and oxygen atoms in total. The molecule has 1 heterocycles. The highest BCUT2D eigenvalue weighted by Crippen LogP contribution is 2.18. The Morgan fingerprint density at radius 1 is 1.10 bits per heavy atom. The van der Waals surface area contributed by atoms with E-state index in [0.717, 1.165) is 50.1 Å². The predicted octanol–water partition coefficient (Wildman–Crippen LogP) is 3.73. The Morgan fingerprint density at radius 3 is 2.60 bits per heavy atom. The number of benzene rings is 2. The molecule has 1 fully saturated rings. The lowest BCUT2D eigenvalue weighted by molar-refractivity contribution is -0.138. The number of amides is 1. The summed E-state index contributed by atoms with van der Waals surface area (Å²) in [6, 6.07) is 17.5. The number of anilines is 1. The largest absolute Gasteiger partial charge is 0.480 e. The maximum Gasteiger partial charge on any atom is 0.317 e. The summed E-state index contributed by atoms with van der Waals surface area (Å²) in [4.78, 5) is 27.8. The van der Waals surface area contributed by atoms with E-state index in [4.69, 9.17) is 5.11 Å². The van der Waals surface area contributed by atoms with Crippen LogP contribution in [-0.4, -0.2) is 59.5 Å². The lowest BCUT2D eigenvalue weighted by atomic mass is 10.1. The van der Waals surface area contributed by atoms with E-state index in [1.807, 2.05) is 60.5 Å². The topological polar surface area (TPSA) is 72.9 Å². The van der Waals surface area contributed by atoms with Crippen molar-refractivity contribution < 1.29 is 14.7 Å². The first-order chi connectivity index (χ1) is 14.0. The van der Waals surface area contributed by atoms with Gasteiger partial charge in [-0.25, -0.2) is 0 Å². The van der Waals surface area contributed by atoms with Crippen LogP contribution >= 0.6 is 12.4 Å². The Labute approximate surface area is 184 Å². The molecule has 3 rings (SSSR count). The quantitative estimate of drug-likeness (QED) is 0.698. The Morgan fingerprint density at radius 2 is 1.87 bits per heavy atom. The Kier molecular flexibility index (Phi) is 9.30. The summed E-state index contributed by atoms with van der Waals surface area (Å²) in [5.74, 6) is -0.886. The number of rotatable bonds is 7. The summed E-state index contributed by atoms with van der Waals surface area (Å²) in [7, 11) is 1.89. The number of nitrogens with zero attached hydrogens (tertiary/aromatic N) is 2. The van der Waals surface area contributed by atoms with Crippen molar-refractivity contribution in [2.75, 3.05) is 32.0 Å². The van der Waals surface area contributed by atoms with E-state index in [-0.39, 0.29) is 24.9 Å². The standard InChI is InChI=1S/C23H29N3O3.ClH/c1-25(17-22(27)28)21-11-6-13-26(14-12-21)16-18-7-5-8-19(15-18)23(29)24-20-9-3-2-4-10-20;/h2-5,7-10,15,21H,6,11-14,16-17H2,1H3,(H,24,29)(H,27,28);1H. The zero-order chi connectivity index (χ0) is 20.6. The van der Waals surface area contributed by atoms with Crippen molar-refractivity contribution in [1.29, 1.82) is 0 Å². The molecule has 1 amide bonds. The summed E-state index contributed by atoms with van der Waals surface area (Å²) < 4.78 is 0. The molecule has 2 aromatic carbocycles. The summed E-state index contributed by atoms with van der Waals surface area (Å²) in [5, 5.41) is 11.9. The third kappa shape index (κ3) is 7.13. The van der Waals surface area contributed by atoms with Gasteiger partial charge in [0, 0.05) is 23.8 Å². The van der Waals surface area contributed by atoms with Gasteiger partial charge in [-0.3, -0.25) is 19.4 Å². The number of halogens is 1. The van der Waals surface area contributed by atoms with Crippen LogP contribution in [-0.2, 0) is 11.3 Å². The normalized spacial score (nSPS) is 17.1. The third-order valence-corrected chi connectivity index (χ3v) is 5.43. The Hall–Kier alpha value is -2.41. The number of nitrogens with one attached hydrogen (secondary N) is 1. The molecule has 7 heteroatoms. The fourth-order valence-corrected chi connectivity index (χ4v) is 3.87. The molecule has 30 heavy (non-hydrogen) atoms. The van der Waals surface area contributed by atoms with Gasteiger partial charge in [0.25, 0.3) is 5.91 Å². The van der Waals surface area contributed by atoms with E-state index >= 15 is 0 Å². The van der Waals surface area contributed by atoms with Gasteiger partial charge >= 0.3 is 5.97 Å². The molecule has 1 unspecified atom stereocenters. The summed E-state index contributed by atoms with van der Waals surface area (Å²) in [6.07, 6.45) is 3.01. The van der Waals surface area contributed by atoms with Gasteiger partial charge in [0.2, 0.25) is 0 Å². The highest BCUT2D eigenvalue weighted by atomic mass is 35.5. The number of aliphatic carboxylic acids is 1. The fourth-order valence-electron chi connectivity index (χ4n) is 3.87. The molecular formula is C23H30ClN3O3. The monoisotopic (exact) mass is 431 g/mol. The van der Waals surface area contributed by atoms with E-state index in [1.54, 1.807) is 0 Å². The number of likely N-dealkylation sites (N-methyl/N-ethyl adjacent to an activating group) is 1. The number of para-hydroxylation sites is 1. The molecule has 0 aromatic heterocycles. The first-order valence-corrected chi connectivity index (χ1v) is 10.1. The highest BCUT2D eigenvalue weighted by Gasteiger charge is 2.21. The molecule has 0 spiro atoms. The van der Waals surface area contributed by atoms with Gasteiger partial charge < -0.3 is 10.4 Å². The van der Waals surface area contributed by atoms with Gasteiger partial charge in [-0.15, -0.1) is 12.4 Å². The van der Waals surface area contributed by atoms with Crippen molar-refractivity contribution in [2.24, 2.45) is 0 Å². The number of likely N-dealkylation sites (tertiary alicyclic amines) is 1. The van der Waals surface area contributed by atoms with Gasteiger partial charge in [0.05, 0.1) is 6.54 Å². The molecule has 0 bridgehead atoms. The molecule has 1 atom stereocenters. The van der Waals surface area contributed by atoms with Crippen LogP contribution < -0.4 is 5.32 Å². The van der Waals surface area contributed by atoms with E-state index in [2.05, 4.69) is 16.3 Å². The van der Waals surface area contributed by atoms with Crippen molar-refractivity contribution in [3.05, 3.63) is 65.7 Å². The SMILES string of the molecule is CN(CC(=O)O)C1CCCN(Cc2cccc(C(=O)Nc3ccccc3)c2)CC1.Cl. The van der Waals surface area contributed by atoms with E-state index < -0.39 is 5.97 Å². The number of carboxylic acids is 1. The molecule has 1 saturated heterocycles. The van der Waals surface area contributed by atoms with Crippen LogP contribution in [0.5, 0.6) is 0 Å². The lowest BCUT2D eigenvalue weighted by Gasteiger charge is -2.25. The average molecular weight is 432 g/mol. The van der Waals surface area contributed by atoms with Gasteiger partial charge in [0.1, 0.15) is 0 Å². The minimum absolute atomic E-state index is 0. The smallest absolute Gasteiger partial charge is 0.317 e. The van der Waals surface area contributed by atoms with Crippen molar-refractivity contribution in [1.82, 2.24) is 9.80 Å². The minimum atomic E-state index is -0.779. The van der Waals surface area contributed by atoms with Crippen LogP contribution in [0.4, 0.5) is 5.69 Å². The van der Waals surface area contributed by atoms with Gasteiger partial charge in [-0.2, -0.15) is 0 Å². The molecule has 2 N–H and O–H groups in total. The molecular weight excluding hydrogens is 402 g/mol. The van der Waals surface area contributed by atoms with Crippen molar-refractivity contribution in [3.63, 3.8) is 0 Å². The highest BCUT2D eigenvalue weighted by molar-refractivity contribution is 6.04. The fraction of sp³-hybridized carbons (Fsp3) is 0.391. The van der Waals surface area contributed by atoms with Crippen molar-refractivity contribution in [2.45, 2.75) is 31.8 Å². The van der Waals surface area contributed by atoms with Crippen molar-refractivity contribution in [3.8, 4) is 0 Å². The second-order valence-electron chi connectivity index (χ2n) is 7.69. The third-order valence-electron chi connectivity index (χ3n) is 5.43. The average Bonchev–Trinajstić information content (AvgIpc) is 2.94. The number of carbonyl (C=O) groups is 2. The Bertz CT molecular complexity index is 831. The first kappa shape index (κ1) is 23.9. The summed E-state index contributed by atoms with van der Waals surface area (Å²) >= 11 is 0. The maximum absolute atomic E-state index is 12.5. The summed E-state index contributed by atoms with van der Waals surface area (Å²) in [5.41, 5.74) is 2.55. The maximum atomic E-state index is 12.5. The number of carbonyl (C=O) groups excluding carboxylic acids is 1. The zero-order valence-corrected chi connectivity index (χ0v) is 18.1. The van der Waals surface area contributed by atoms with E-state index in [1.165, 1.54) is 0 Å². The zero-order valence-electron chi connectivity index (χ0n) is 17.3. The summed E-state index contributed by atoms with van der Waals surface area (Å²) in [6.45, 7) is 2.79. The van der Waals surface area contributed by atoms with Gasteiger partial charge in [0.15, 0.2) is 0 Å². The number of hydrogen-bond acceptors (Lipinski definition) is 4. The van der Waals surface area contributed by atoms with Gasteiger partial charge in [-0.1, -0.05) is 30.3 Å². The second kappa shape index (κ2) is 11.7. The molecule has 162 valence electrons. The second-order valence-corrected chi connectivity index (χ2v) is 7.69. The minimum Gasteiger partial charge on any atom is -0.480 e. The van der Waals surface area contributed by atoms with Gasteiger partial charge in [-0.05, 0) is 69.2 Å². The van der Waals surface area contributed by atoms with E-state index in [0.29, 0.717) is 11.6 Å². The van der Waals surface area contributed by atoms with Crippen LogP contribution in [0.1, 0.15) is 35.2 Å². The predicted molar refractivity (Wildman–Crippen MR) is 121 cm³/mol. The molecule has 1 aliphatic heterocycles. The number of hydrogen-bond donors (Lipinski definition) is 2. The van der Waals surface area contributed by atoms with Crippen LogP contribution in [0.25, 0.3) is 0 Å².